The van der Waals surface area contributed by atoms with E-state index in [4.69, 9.17) is 11.6 Å². The van der Waals surface area contributed by atoms with Gasteiger partial charge in [0.1, 0.15) is 4.83 Å². The molecule has 2 aromatic heterocycles. The van der Waals surface area contributed by atoms with E-state index in [1.54, 1.807) is 0 Å². The maximum Gasteiger partial charge on any atom is 0.261 e. The Labute approximate surface area is 173 Å². The molecule has 3 aromatic rings. The summed E-state index contributed by atoms with van der Waals surface area (Å²) in [5.41, 5.74) is 1.72. The van der Waals surface area contributed by atoms with Gasteiger partial charge in [-0.2, -0.15) is 5.10 Å². The number of rotatable bonds is 3. The van der Waals surface area contributed by atoms with Crippen molar-refractivity contribution in [2.75, 3.05) is 6.54 Å². The molecule has 1 fully saturated rings. The third-order valence-electron chi connectivity index (χ3n) is 4.81. The van der Waals surface area contributed by atoms with Crippen molar-refractivity contribution < 1.29 is 4.79 Å². The third-order valence-corrected chi connectivity index (χ3v) is 6.24. The number of aryl methyl sites for hydroxylation is 1. The summed E-state index contributed by atoms with van der Waals surface area (Å²) in [6.07, 6.45) is 1.93. The van der Waals surface area contributed by atoms with Crippen LogP contribution in [0.15, 0.2) is 30.3 Å². The van der Waals surface area contributed by atoms with Crippen LogP contribution in [0.1, 0.15) is 35.1 Å². The molecule has 1 aliphatic heterocycles. The number of para-hydroxylation sites is 1. The van der Waals surface area contributed by atoms with Gasteiger partial charge in [-0.15, -0.1) is 23.7 Å². The first-order valence-corrected chi connectivity index (χ1v) is 10.0. The summed E-state index contributed by atoms with van der Waals surface area (Å²) in [4.78, 5) is 14.4. The van der Waals surface area contributed by atoms with E-state index in [0.29, 0.717) is 15.9 Å². The zero-order valence-electron chi connectivity index (χ0n) is 15.2. The molecule has 2 N–H and O–H groups in total. The molecule has 1 saturated heterocycles. The number of amides is 1. The molecule has 1 aromatic carbocycles. The van der Waals surface area contributed by atoms with Crippen LogP contribution in [0.25, 0.3) is 15.9 Å². The number of aromatic nitrogens is 2. The zero-order valence-corrected chi connectivity index (χ0v) is 17.5. The van der Waals surface area contributed by atoms with Gasteiger partial charge in [-0.05, 0) is 51.4 Å². The summed E-state index contributed by atoms with van der Waals surface area (Å²) in [6.45, 7) is 5.05. The normalized spacial score (nSPS) is 19.7. The Morgan fingerprint density at radius 1 is 1.41 bits per heavy atom. The number of fused-ring (bicyclic) bond motifs is 1. The molecule has 0 radical (unpaired) electrons. The molecule has 1 amide bonds. The number of nitrogens with zero attached hydrogens (tertiary/aromatic N) is 2. The maximum atomic E-state index is 12.7. The van der Waals surface area contributed by atoms with Crippen molar-refractivity contribution in [1.29, 1.82) is 0 Å². The highest BCUT2D eigenvalue weighted by molar-refractivity contribution is 7.20. The summed E-state index contributed by atoms with van der Waals surface area (Å²) in [7, 11) is 0. The van der Waals surface area contributed by atoms with Gasteiger partial charge in [-0.25, -0.2) is 4.68 Å². The number of carbonyl (C=O) groups excluding carboxylic acids is 1. The topological polar surface area (TPSA) is 59.0 Å². The van der Waals surface area contributed by atoms with Crippen LogP contribution in [0.2, 0.25) is 5.02 Å². The van der Waals surface area contributed by atoms with Crippen LogP contribution in [-0.2, 0) is 0 Å². The maximum absolute atomic E-state index is 12.7. The van der Waals surface area contributed by atoms with Gasteiger partial charge < -0.3 is 10.6 Å². The third kappa shape index (κ3) is 3.99. The molecule has 2 unspecified atom stereocenters. The van der Waals surface area contributed by atoms with Crippen molar-refractivity contribution in [1.82, 2.24) is 20.4 Å². The van der Waals surface area contributed by atoms with Crippen LogP contribution < -0.4 is 10.6 Å². The number of nitrogens with one attached hydrogen (secondary N) is 2. The Morgan fingerprint density at radius 2 is 2.19 bits per heavy atom. The van der Waals surface area contributed by atoms with E-state index >= 15 is 0 Å². The Bertz CT molecular complexity index is 968. The molecular formula is C19H22Cl2N4OS. The van der Waals surface area contributed by atoms with Gasteiger partial charge in [0, 0.05) is 17.5 Å². The standard InChI is InChI=1S/C19H21ClN4OS.ClH/c1-11-9-13(7-8-21-11)22-18(25)17-10-14-12(2)23-24(19(14)26-17)16-6-4-3-5-15(16)20;/h3-6,10-11,13,21H,7-9H2,1-2H3,(H,22,25);1H. The molecule has 0 spiro atoms. The highest BCUT2D eigenvalue weighted by atomic mass is 35.5. The number of hydrogen-bond donors (Lipinski definition) is 2. The number of benzene rings is 1. The summed E-state index contributed by atoms with van der Waals surface area (Å²) >= 11 is 7.80. The van der Waals surface area contributed by atoms with Crippen molar-refractivity contribution >= 4 is 51.5 Å². The predicted octanol–water partition coefficient (Wildman–Crippen LogP) is 4.34. The van der Waals surface area contributed by atoms with Crippen molar-refractivity contribution in [2.24, 2.45) is 0 Å². The first kappa shape index (κ1) is 20.1. The second kappa shape index (κ2) is 8.19. The number of piperidine rings is 1. The lowest BCUT2D eigenvalue weighted by molar-refractivity contribution is 0.0930. The fraction of sp³-hybridized carbons (Fsp3) is 0.368. The van der Waals surface area contributed by atoms with Gasteiger partial charge >= 0.3 is 0 Å². The minimum absolute atomic E-state index is 0. The lowest BCUT2D eigenvalue weighted by Gasteiger charge is -2.28. The summed E-state index contributed by atoms with van der Waals surface area (Å²) in [6, 6.07) is 10.2. The first-order chi connectivity index (χ1) is 12.5. The first-order valence-electron chi connectivity index (χ1n) is 8.81. The predicted molar refractivity (Wildman–Crippen MR) is 114 cm³/mol. The summed E-state index contributed by atoms with van der Waals surface area (Å²) < 4.78 is 1.83. The molecule has 0 bridgehead atoms. The lowest BCUT2D eigenvalue weighted by atomic mass is 10.0. The average Bonchev–Trinajstić information content (AvgIpc) is 3.17. The van der Waals surface area contributed by atoms with Crippen molar-refractivity contribution in [2.45, 2.75) is 38.8 Å². The van der Waals surface area contributed by atoms with Gasteiger partial charge in [0.15, 0.2) is 0 Å². The van der Waals surface area contributed by atoms with E-state index in [1.165, 1.54) is 11.3 Å². The quantitative estimate of drug-likeness (QED) is 0.657. The number of carbonyl (C=O) groups is 1. The van der Waals surface area contributed by atoms with E-state index in [9.17, 15) is 4.79 Å². The largest absolute Gasteiger partial charge is 0.349 e. The molecule has 5 nitrogen and oxygen atoms in total. The minimum atomic E-state index is -0.00425. The Kier molecular flexibility index (Phi) is 6.11. The highest BCUT2D eigenvalue weighted by Gasteiger charge is 2.23. The molecule has 27 heavy (non-hydrogen) atoms. The molecule has 8 heteroatoms. The van der Waals surface area contributed by atoms with Gasteiger partial charge in [-0.1, -0.05) is 23.7 Å². The van der Waals surface area contributed by atoms with E-state index < -0.39 is 0 Å². The van der Waals surface area contributed by atoms with Crippen LogP contribution in [0.3, 0.4) is 0 Å². The van der Waals surface area contributed by atoms with E-state index in [1.807, 2.05) is 41.9 Å². The molecule has 144 valence electrons. The summed E-state index contributed by atoms with van der Waals surface area (Å²) in [5.74, 6) is -0.00425. The van der Waals surface area contributed by atoms with E-state index in [-0.39, 0.29) is 24.4 Å². The van der Waals surface area contributed by atoms with Crippen molar-refractivity contribution in [3.05, 3.63) is 45.9 Å². The lowest BCUT2D eigenvalue weighted by Crippen LogP contribution is -2.46. The van der Waals surface area contributed by atoms with E-state index in [0.717, 1.165) is 41.0 Å². The van der Waals surface area contributed by atoms with Gasteiger partial charge in [0.05, 0.1) is 21.3 Å². The average molecular weight is 425 g/mol. The van der Waals surface area contributed by atoms with Crippen LogP contribution in [-0.4, -0.2) is 34.3 Å². The second-order valence-corrected chi connectivity index (χ2v) is 8.27. The minimum Gasteiger partial charge on any atom is -0.349 e. The number of halogens is 2. The van der Waals surface area contributed by atoms with Gasteiger partial charge in [0.25, 0.3) is 5.91 Å². The second-order valence-electron chi connectivity index (χ2n) is 6.83. The van der Waals surface area contributed by atoms with E-state index in [2.05, 4.69) is 22.7 Å². The summed E-state index contributed by atoms with van der Waals surface area (Å²) in [5, 5.41) is 12.8. The van der Waals surface area contributed by atoms with Crippen molar-refractivity contribution in [3.8, 4) is 5.69 Å². The van der Waals surface area contributed by atoms with Crippen LogP contribution in [0, 0.1) is 6.92 Å². The number of hydrogen-bond acceptors (Lipinski definition) is 4. The Morgan fingerprint density at radius 3 is 2.93 bits per heavy atom. The SMILES string of the molecule is Cc1nn(-c2ccccc2Cl)c2sc(C(=O)NC3CCNC(C)C3)cc12.Cl. The van der Waals surface area contributed by atoms with Gasteiger partial charge in [0.2, 0.25) is 0 Å². The van der Waals surface area contributed by atoms with Crippen LogP contribution in [0.4, 0.5) is 0 Å². The fourth-order valence-electron chi connectivity index (χ4n) is 3.47. The fourth-order valence-corrected chi connectivity index (χ4v) is 4.76. The highest BCUT2D eigenvalue weighted by Crippen LogP contribution is 2.32. The molecule has 3 heterocycles. The monoisotopic (exact) mass is 424 g/mol. The molecule has 4 rings (SSSR count). The number of thiophene rings is 1. The molecule has 2 atom stereocenters. The Hall–Kier alpha value is -1.60. The zero-order chi connectivity index (χ0) is 18.3. The van der Waals surface area contributed by atoms with Crippen molar-refractivity contribution in [3.63, 3.8) is 0 Å². The smallest absolute Gasteiger partial charge is 0.261 e. The Balaban J connectivity index is 0.00000210. The molecular weight excluding hydrogens is 403 g/mol. The molecule has 0 aliphatic carbocycles. The van der Waals surface area contributed by atoms with Crippen LogP contribution in [0.5, 0.6) is 0 Å². The van der Waals surface area contributed by atoms with Crippen LogP contribution >= 0.6 is 35.3 Å². The van der Waals surface area contributed by atoms with Gasteiger partial charge in [-0.3, -0.25) is 4.79 Å². The molecule has 1 aliphatic rings. The molecule has 0 saturated carbocycles.